The predicted molar refractivity (Wildman–Crippen MR) is 50.3 cm³/mol. The van der Waals surface area contributed by atoms with Gasteiger partial charge in [-0.1, -0.05) is 0 Å². The average Bonchev–Trinajstić information content (AvgIpc) is 2.88. The Bertz CT molecular complexity index is 428. The molecule has 1 aliphatic carbocycles. The SMILES string of the molecule is c1cnc2cnn(CC3CC3)c2c1. The van der Waals surface area contributed by atoms with Gasteiger partial charge < -0.3 is 0 Å². The minimum atomic E-state index is 0.864. The lowest BCUT2D eigenvalue weighted by molar-refractivity contribution is 0.580. The van der Waals surface area contributed by atoms with E-state index in [0.717, 1.165) is 23.5 Å². The number of aromatic nitrogens is 3. The molecule has 0 spiro atoms. The molecule has 3 nitrogen and oxygen atoms in total. The molecule has 0 saturated heterocycles. The average molecular weight is 173 g/mol. The summed E-state index contributed by atoms with van der Waals surface area (Å²) in [5.74, 6) is 0.864. The molecule has 66 valence electrons. The molecular weight excluding hydrogens is 162 g/mol. The summed E-state index contributed by atoms with van der Waals surface area (Å²) in [5.41, 5.74) is 2.16. The smallest absolute Gasteiger partial charge is 0.108 e. The minimum Gasteiger partial charge on any atom is -0.263 e. The summed E-state index contributed by atoms with van der Waals surface area (Å²) < 4.78 is 2.07. The van der Waals surface area contributed by atoms with Gasteiger partial charge in [-0.15, -0.1) is 0 Å². The first-order valence-corrected chi connectivity index (χ1v) is 4.70. The highest BCUT2D eigenvalue weighted by Gasteiger charge is 2.22. The third-order valence-corrected chi connectivity index (χ3v) is 2.54. The highest BCUT2D eigenvalue weighted by atomic mass is 15.3. The summed E-state index contributed by atoms with van der Waals surface area (Å²) >= 11 is 0. The Balaban J connectivity index is 2.06. The zero-order chi connectivity index (χ0) is 8.67. The van der Waals surface area contributed by atoms with E-state index in [9.17, 15) is 0 Å². The number of hydrogen-bond acceptors (Lipinski definition) is 2. The standard InChI is InChI=1S/C10H11N3/c1-2-10-9(11-5-1)6-12-13(10)7-8-3-4-8/h1-2,5-6,8H,3-4,7H2. The van der Waals surface area contributed by atoms with Crippen molar-refractivity contribution >= 4 is 11.0 Å². The van der Waals surface area contributed by atoms with E-state index < -0.39 is 0 Å². The van der Waals surface area contributed by atoms with Crippen LogP contribution in [0.2, 0.25) is 0 Å². The number of pyridine rings is 1. The highest BCUT2D eigenvalue weighted by molar-refractivity contribution is 5.73. The molecule has 0 bridgehead atoms. The van der Waals surface area contributed by atoms with Crippen molar-refractivity contribution in [3.63, 3.8) is 0 Å². The molecule has 2 aromatic rings. The number of hydrogen-bond donors (Lipinski definition) is 0. The number of nitrogens with zero attached hydrogens (tertiary/aromatic N) is 3. The fraction of sp³-hybridized carbons (Fsp3) is 0.400. The van der Waals surface area contributed by atoms with Gasteiger partial charge in [-0.2, -0.15) is 5.10 Å². The predicted octanol–water partition coefficient (Wildman–Crippen LogP) is 1.84. The third-order valence-electron chi connectivity index (χ3n) is 2.54. The van der Waals surface area contributed by atoms with E-state index in [2.05, 4.69) is 20.8 Å². The van der Waals surface area contributed by atoms with Crippen molar-refractivity contribution in [3.05, 3.63) is 24.5 Å². The number of rotatable bonds is 2. The van der Waals surface area contributed by atoms with Crippen LogP contribution >= 0.6 is 0 Å². The second-order valence-electron chi connectivity index (χ2n) is 3.68. The first-order valence-electron chi connectivity index (χ1n) is 4.70. The Morgan fingerprint density at radius 3 is 3.23 bits per heavy atom. The van der Waals surface area contributed by atoms with E-state index in [1.54, 1.807) is 0 Å². The molecule has 3 heteroatoms. The van der Waals surface area contributed by atoms with Crippen LogP contribution < -0.4 is 0 Å². The Labute approximate surface area is 76.4 Å². The molecule has 0 aliphatic heterocycles. The van der Waals surface area contributed by atoms with Gasteiger partial charge in [0.1, 0.15) is 5.52 Å². The van der Waals surface area contributed by atoms with E-state index in [4.69, 9.17) is 0 Å². The normalized spacial score (nSPS) is 16.6. The van der Waals surface area contributed by atoms with Gasteiger partial charge in [0.25, 0.3) is 0 Å². The van der Waals surface area contributed by atoms with Gasteiger partial charge in [-0.3, -0.25) is 9.67 Å². The Morgan fingerprint density at radius 2 is 2.38 bits per heavy atom. The summed E-state index contributed by atoms with van der Waals surface area (Å²) in [6.45, 7) is 1.06. The highest BCUT2D eigenvalue weighted by Crippen LogP contribution is 2.31. The van der Waals surface area contributed by atoms with Gasteiger partial charge >= 0.3 is 0 Å². The van der Waals surface area contributed by atoms with Crippen molar-refractivity contribution in [2.45, 2.75) is 19.4 Å². The molecule has 0 atom stereocenters. The van der Waals surface area contributed by atoms with Crippen LogP contribution in [0.25, 0.3) is 11.0 Å². The summed E-state index contributed by atoms with van der Waals surface area (Å²) in [7, 11) is 0. The first kappa shape index (κ1) is 7.06. The molecule has 13 heavy (non-hydrogen) atoms. The zero-order valence-electron chi connectivity index (χ0n) is 7.35. The molecule has 0 amide bonds. The lowest BCUT2D eigenvalue weighted by Gasteiger charge is -1.99. The quantitative estimate of drug-likeness (QED) is 0.693. The van der Waals surface area contributed by atoms with Crippen molar-refractivity contribution < 1.29 is 0 Å². The first-order chi connectivity index (χ1) is 6.43. The van der Waals surface area contributed by atoms with Crippen LogP contribution in [0.15, 0.2) is 24.5 Å². The van der Waals surface area contributed by atoms with E-state index in [-0.39, 0.29) is 0 Å². The summed E-state index contributed by atoms with van der Waals surface area (Å²) in [6, 6.07) is 4.05. The lowest BCUT2D eigenvalue weighted by atomic mass is 10.3. The topological polar surface area (TPSA) is 30.7 Å². The maximum absolute atomic E-state index is 4.33. The molecule has 3 rings (SSSR count). The van der Waals surface area contributed by atoms with E-state index in [1.165, 1.54) is 12.8 Å². The second kappa shape index (κ2) is 2.55. The van der Waals surface area contributed by atoms with Crippen LogP contribution in [0.1, 0.15) is 12.8 Å². The van der Waals surface area contributed by atoms with Gasteiger partial charge in [0, 0.05) is 12.7 Å². The molecule has 0 unspecified atom stereocenters. The third kappa shape index (κ3) is 1.20. The van der Waals surface area contributed by atoms with Crippen LogP contribution in [0.5, 0.6) is 0 Å². The summed E-state index contributed by atoms with van der Waals surface area (Å²) in [6.07, 6.45) is 6.38. The summed E-state index contributed by atoms with van der Waals surface area (Å²) in [5, 5.41) is 4.33. The number of fused-ring (bicyclic) bond motifs is 1. The van der Waals surface area contributed by atoms with Crippen LogP contribution in [0.3, 0.4) is 0 Å². The van der Waals surface area contributed by atoms with Gasteiger partial charge in [0.2, 0.25) is 0 Å². The fourth-order valence-electron chi connectivity index (χ4n) is 1.60. The van der Waals surface area contributed by atoms with Crippen LogP contribution in [-0.4, -0.2) is 14.8 Å². The van der Waals surface area contributed by atoms with Crippen molar-refractivity contribution in [1.82, 2.24) is 14.8 Å². The maximum atomic E-state index is 4.33. The molecule has 0 N–H and O–H groups in total. The summed E-state index contributed by atoms with van der Waals surface area (Å²) in [4.78, 5) is 4.25. The van der Waals surface area contributed by atoms with Gasteiger partial charge in [-0.05, 0) is 30.9 Å². The Morgan fingerprint density at radius 1 is 1.46 bits per heavy atom. The molecule has 2 aromatic heterocycles. The zero-order valence-corrected chi connectivity index (χ0v) is 7.35. The largest absolute Gasteiger partial charge is 0.263 e. The van der Waals surface area contributed by atoms with Crippen molar-refractivity contribution in [2.24, 2.45) is 5.92 Å². The van der Waals surface area contributed by atoms with Crippen molar-refractivity contribution in [2.75, 3.05) is 0 Å². The Kier molecular flexibility index (Phi) is 1.39. The van der Waals surface area contributed by atoms with Crippen LogP contribution in [0.4, 0.5) is 0 Å². The lowest BCUT2D eigenvalue weighted by Crippen LogP contribution is -2.00. The van der Waals surface area contributed by atoms with Crippen LogP contribution in [-0.2, 0) is 6.54 Å². The molecule has 0 aromatic carbocycles. The molecule has 2 heterocycles. The van der Waals surface area contributed by atoms with E-state index >= 15 is 0 Å². The second-order valence-corrected chi connectivity index (χ2v) is 3.68. The van der Waals surface area contributed by atoms with Gasteiger partial charge in [-0.25, -0.2) is 0 Å². The monoisotopic (exact) mass is 173 g/mol. The van der Waals surface area contributed by atoms with Gasteiger partial charge in [0.15, 0.2) is 0 Å². The molecule has 1 saturated carbocycles. The molecule has 1 fully saturated rings. The van der Waals surface area contributed by atoms with Gasteiger partial charge in [0.05, 0.1) is 11.7 Å². The maximum Gasteiger partial charge on any atom is 0.108 e. The Hall–Kier alpha value is -1.38. The van der Waals surface area contributed by atoms with E-state index in [1.807, 2.05) is 18.5 Å². The van der Waals surface area contributed by atoms with Crippen LogP contribution in [0, 0.1) is 5.92 Å². The minimum absolute atomic E-state index is 0.864. The van der Waals surface area contributed by atoms with E-state index in [0.29, 0.717) is 0 Å². The molecule has 1 aliphatic rings. The van der Waals surface area contributed by atoms with Crippen molar-refractivity contribution in [1.29, 1.82) is 0 Å². The molecule has 0 radical (unpaired) electrons. The van der Waals surface area contributed by atoms with Crippen molar-refractivity contribution in [3.8, 4) is 0 Å². The fourth-order valence-corrected chi connectivity index (χ4v) is 1.60. The molecular formula is C10H11N3.